The van der Waals surface area contributed by atoms with Crippen molar-refractivity contribution < 1.29 is 18.7 Å². The van der Waals surface area contributed by atoms with Gasteiger partial charge in [0.15, 0.2) is 0 Å². The van der Waals surface area contributed by atoms with Crippen LogP contribution in [0.4, 0.5) is 4.39 Å². The lowest BCUT2D eigenvalue weighted by Gasteiger charge is -2.19. The Morgan fingerprint density at radius 3 is 2.39 bits per heavy atom. The molecule has 0 amide bonds. The summed E-state index contributed by atoms with van der Waals surface area (Å²) < 4.78 is 25.0. The number of carbonyl (C=O) groups is 1. The first-order valence-electron chi connectivity index (χ1n) is 7.55. The van der Waals surface area contributed by atoms with Crippen molar-refractivity contribution in [3.8, 4) is 16.9 Å². The van der Waals surface area contributed by atoms with Crippen LogP contribution >= 0.6 is 0 Å². The second-order valence-corrected chi connectivity index (χ2v) is 6.16. The molecule has 0 atom stereocenters. The van der Waals surface area contributed by atoms with E-state index in [4.69, 9.17) is 9.47 Å². The van der Waals surface area contributed by atoms with Crippen molar-refractivity contribution in [2.24, 2.45) is 0 Å². The van der Waals surface area contributed by atoms with E-state index >= 15 is 0 Å². The maximum absolute atomic E-state index is 14.2. The minimum Gasteiger partial charge on any atom is -0.492 e. The number of rotatable bonds is 5. The fourth-order valence-corrected chi connectivity index (χ4v) is 2.15. The summed E-state index contributed by atoms with van der Waals surface area (Å²) >= 11 is 0. The highest BCUT2D eigenvalue weighted by Gasteiger charge is 2.17. The van der Waals surface area contributed by atoms with E-state index in [1.54, 1.807) is 12.1 Å². The van der Waals surface area contributed by atoms with Gasteiger partial charge in [-0.1, -0.05) is 36.4 Å². The Bertz CT molecular complexity index is 660. The molecule has 4 heteroatoms. The molecule has 0 aliphatic carbocycles. The van der Waals surface area contributed by atoms with E-state index in [2.05, 4.69) is 0 Å². The molecule has 2 aromatic carbocycles. The van der Waals surface area contributed by atoms with Crippen LogP contribution in [-0.2, 0) is 9.53 Å². The van der Waals surface area contributed by atoms with Crippen LogP contribution in [0.25, 0.3) is 11.1 Å². The Morgan fingerprint density at radius 1 is 1.04 bits per heavy atom. The highest BCUT2D eigenvalue weighted by molar-refractivity contribution is 5.72. The topological polar surface area (TPSA) is 35.5 Å². The average molecular weight is 316 g/mol. The number of esters is 1. The number of carbonyl (C=O) groups excluding carboxylic acids is 1. The molecule has 0 aliphatic rings. The minimum absolute atomic E-state index is 0.113. The lowest BCUT2D eigenvalue weighted by atomic mass is 10.0. The third kappa shape index (κ3) is 5.09. The lowest BCUT2D eigenvalue weighted by Crippen LogP contribution is -2.24. The smallest absolute Gasteiger partial charge is 0.309 e. The standard InChI is InChI=1S/C19H21FO3/c1-19(2,3)23-17(21)12-13-22-16-11-7-10-15(20)18(16)14-8-5-4-6-9-14/h4-11H,12-13H2,1-3H3. The molecule has 2 aromatic rings. The first kappa shape index (κ1) is 17.0. The first-order chi connectivity index (χ1) is 10.9. The second-order valence-electron chi connectivity index (χ2n) is 6.16. The van der Waals surface area contributed by atoms with Crippen LogP contribution in [-0.4, -0.2) is 18.2 Å². The second kappa shape index (κ2) is 7.27. The SMILES string of the molecule is CC(C)(C)OC(=O)CCOc1cccc(F)c1-c1ccccc1. The summed E-state index contributed by atoms with van der Waals surface area (Å²) in [5.41, 5.74) is 0.612. The summed E-state index contributed by atoms with van der Waals surface area (Å²) in [4.78, 5) is 11.7. The van der Waals surface area contributed by atoms with Crippen LogP contribution in [0.5, 0.6) is 5.75 Å². The van der Waals surface area contributed by atoms with Crippen molar-refractivity contribution in [3.63, 3.8) is 0 Å². The van der Waals surface area contributed by atoms with Crippen LogP contribution in [0.15, 0.2) is 48.5 Å². The van der Waals surface area contributed by atoms with Crippen molar-refractivity contribution in [2.45, 2.75) is 32.8 Å². The Balaban J connectivity index is 2.07. The fourth-order valence-electron chi connectivity index (χ4n) is 2.15. The van der Waals surface area contributed by atoms with Gasteiger partial charge in [0.1, 0.15) is 17.2 Å². The molecule has 0 bridgehead atoms. The maximum Gasteiger partial charge on any atom is 0.309 e. The molecule has 2 rings (SSSR count). The summed E-state index contributed by atoms with van der Waals surface area (Å²) in [6.45, 7) is 5.57. The molecule has 0 aliphatic heterocycles. The molecule has 0 spiro atoms. The molecule has 23 heavy (non-hydrogen) atoms. The highest BCUT2D eigenvalue weighted by atomic mass is 19.1. The molecule has 3 nitrogen and oxygen atoms in total. The summed E-state index contributed by atoms with van der Waals surface area (Å²) in [5, 5.41) is 0. The Morgan fingerprint density at radius 2 is 1.74 bits per heavy atom. The van der Waals surface area contributed by atoms with Gasteiger partial charge in [-0.25, -0.2) is 4.39 Å². The van der Waals surface area contributed by atoms with Crippen molar-refractivity contribution in [2.75, 3.05) is 6.61 Å². The Kier molecular flexibility index (Phi) is 5.37. The number of benzene rings is 2. The third-order valence-corrected chi connectivity index (χ3v) is 3.02. The highest BCUT2D eigenvalue weighted by Crippen LogP contribution is 2.32. The van der Waals surface area contributed by atoms with Gasteiger partial charge in [0.2, 0.25) is 0 Å². The zero-order chi connectivity index (χ0) is 16.9. The van der Waals surface area contributed by atoms with Crippen LogP contribution in [0.1, 0.15) is 27.2 Å². The normalized spacial score (nSPS) is 11.1. The van der Waals surface area contributed by atoms with Gasteiger partial charge >= 0.3 is 5.97 Å². The molecule has 0 fully saturated rings. The van der Waals surface area contributed by atoms with Crippen molar-refractivity contribution >= 4 is 5.97 Å². The molecule has 0 unspecified atom stereocenters. The van der Waals surface area contributed by atoms with Crippen LogP contribution in [0, 0.1) is 5.82 Å². The predicted octanol–water partition coefficient (Wildman–Crippen LogP) is 4.60. The minimum atomic E-state index is -0.523. The van der Waals surface area contributed by atoms with Crippen LogP contribution in [0.2, 0.25) is 0 Å². The Labute approximate surface area is 136 Å². The summed E-state index contributed by atoms with van der Waals surface area (Å²) in [5.74, 6) is -0.277. The maximum atomic E-state index is 14.2. The quantitative estimate of drug-likeness (QED) is 0.756. The van der Waals surface area contributed by atoms with E-state index in [1.807, 2.05) is 51.1 Å². The zero-order valence-corrected chi connectivity index (χ0v) is 13.6. The predicted molar refractivity (Wildman–Crippen MR) is 87.8 cm³/mol. The van der Waals surface area contributed by atoms with E-state index in [0.29, 0.717) is 11.3 Å². The van der Waals surface area contributed by atoms with Gasteiger partial charge in [-0.3, -0.25) is 4.79 Å². The van der Waals surface area contributed by atoms with E-state index in [0.717, 1.165) is 5.56 Å². The fraction of sp³-hybridized carbons (Fsp3) is 0.316. The molecule has 122 valence electrons. The van der Waals surface area contributed by atoms with E-state index in [-0.39, 0.29) is 24.8 Å². The van der Waals surface area contributed by atoms with Gasteiger partial charge in [-0.2, -0.15) is 0 Å². The summed E-state index contributed by atoms with van der Waals surface area (Å²) in [6, 6.07) is 13.9. The molecule has 0 aromatic heterocycles. The average Bonchev–Trinajstić information content (AvgIpc) is 2.46. The molecule has 0 heterocycles. The van der Waals surface area contributed by atoms with Crippen LogP contribution in [0.3, 0.4) is 0 Å². The number of halogens is 1. The van der Waals surface area contributed by atoms with Gasteiger partial charge in [-0.05, 0) is 38.5 Å². The van der Waals surface area contributed by atoms with Gasteiger partial charge in [0, 0.05) is 0 Å². The van der Waals surface area contributed by atoms with Crippen LogP contribution < -0.4 is 4.74 Å². The van der Waals surface area contributed by atoms with E-state index in [9.17, 15) is 9.18 Å². The Hall–Kier alpha value is -2.36. The molecular weight excluding hydrogens is 295 g/mol. The lowest BCUT2D eigenvalue weighted by molar-refractivity contribution is -0.155. The number of hydrogen-bond donors (Lipinski definition) is 0. The largest absolute Gasteiger partial charge is 0.492 e. The van der Waals surface area contributed by atoms with Gasteiger partial charge in [-0.15, -0.1) is 0 Å². The van der Waals surface area contributed by atoms with Gasteiger partial charge in [0.25, 0.3) is 0 Å². The molecule has 0 radical (unpaired) electrons. The molecular formula is C19H21FO3. The van der Waals surface area contributed by atoms with Crippen molar-refractivity contribution in [1.82, 2.24) is 0 Å². The summed E-state index contributed by atoms with van der Waals surface area (Å²) in [7, 11) is 0. The van der Waals surface area contributed by atoms with Crippen molar-refractivity contribution in [1.29, 1.82) is 0 Å². The van der Waals surface area contributed by atoms with Gasteiger partial charge in [0.05, 0.1) is 18.6 Å². The third-order valence-electron chi connectivity index (χ3n) is 3.02. The number of hydrogen-bond acceptors (Lipinski definition) is 3. The van der Waals surface area contributed by atoms with E-state index in [1.165, 1.54) is 6.07 Å². The van der Waals surface area contributed by atoms with E-state index < -0.39 is 5.60 Å². The molecule has 0 saturated heterocycles. The monoisotopic (exact) mass is 316 g/mol. The summed E-state index contributed by atoms with van der Waals surface area (Å²) in [6.07, 6.45) is 0.113. The molecule has 0 saturated carbocycles. The zero-order valence-electron chi connectivity index (χ0n) is 13.6. The first-order valence-corrected chi connectivity index (χ1v) is 7.55. The molecule has 0 N–H and O–H groups in total. The number of ether oxygens (including phenoxy) is 2. The van der Waals surface area contributed by atoms with Crippen molar-refractivity contribution in [3.05, 3.63) is 54.3 Å². The van der Waals surface area contributed by atoms with Gasteiger partial charge < -0.3 is 9.47 Å².